The third-order valence-corrected chi connectivity index (χ3v) is 4.03. The van der Waals surface area contributed by atoms with Gasteiger partial charge < -0.3 is 23.8 Å². The summed E-state index contributed by atoms with van der Waals surface area (Å²) in [6, 6.07) is 3.99. The maximum absolute atomic E-state index is 14.1. The Kier molecular flexibility index (Phi) is 5.17. The normalized spacial score (nSPS) is 11.1. The van der Waals surface area contributed by atoms with E-state index in [9.17, 15) is 27.5 Å². The van der Waals surface area contributed by atoms with Gasteiger partial charge in [0.15, 0.2) is 17.4 Å². The van der Waals surface area contributed by atoms with Crippen molar-refractivity contribution < 1.29 is 41.4 Å². The van der Waals surface area contributed by atoms with Crippen molar-refractivity contribution in [2.75, 3.05) is 6.61 Å². The first kappa shape index (κ1) is 19.5. The molecular weight excluding hydrogens is 384 g/mol. The number of aryl methyl sites for hydroxylation is 1. The number of rotatable bonds is 6. The number of furan rings is 1. The van der Waals surface area contributed by atoms with Gasteiger partial charge in [-0.15, -0.1) is 0 Å². The Balaban J connectivity index is 1.94. The molecule has 1 aromatic heterocycles. The van der Waals surface area contributed by atoms with E-state index in [1.165, 1.54) is 32.0 Å². The molecule has 0 N–H and O–H groups in total. The summed E-state index contributed by atoms with van der Waals surface area (Å²) in [6.45, 7) is 1.80. The average molecular weight is 397 g/mol. The molecular formula is C19H13F4O5-. The molecule has 1 heterocycles. The molecule has 28 heavy (non-hydrogen) atoms. The van der Waals surface area contributed by atoms with Crippen molar-refractivity contribution in [2.24, 2.45) is 0 Å². The fourth-order valence-corrected chi connectivity index (χ4v) is 2.75. The van der Waals surface area contributed by atoms with Crippen LogP contribution >= 0.6 is 0 Å². The molecule has 2 aromatic carbocycles. The molecule has 0 aliphatic carbocycles. The lowest BCUT2D eigenvalue weighted by atomic mass is 10.1. The van der Waals surface area contributed by atoms with Crippen molar-refractivity contribution in [3.63, 3.8) is 0 Å². The van der Waals surface area contributed by atoms with Gasteiger partial charge in [-0.3, -0.25) is 0 Å². The van der Waals surface area contributed by atoms with E-state index in [0.29, 0.717) is 0 Å². The second kappa shape index (κ2) is 7.41. The lowest BCUT2D eigenvalue weighted by molar-refractivity contribution is -0.254. The highest BCUT2D eigenvalue weighted by Crippen LogP contribution is 2.32. The van der Waals surface area contributed by atoms with Gasteiger partial charge in [0.2, 0.25) is 11.6 Å². The predicted octanol–water partition coefficient (Wildman–Crippen LogP) is 3.64. The van der Waals surface area contributed by atoms with Crippen LogP contribution in [0.3, 0.4) is 0 Å². The Morgan fingerprint density at radius 1 is 1.07 bits per heavy atom. The zero-order chi connectivity index (χ0) is 20.6. The van der Waals surface area contributed by atoms with Crippen LogP contribution in [-0.4, -0.2) is 12.6 Å². The van der Waals surface area contributed by atoms with Crippen LogP contribution in [0.4, 0.5) is 17.6 Å². The van der Waals surface area contributed by atoms with E-state index in [1.807, 2.05) is 0 Å². The molecule has 0 saturated heterocycles. The summed E-state index contributed by atoms with van der Waals surface area (Å²) in [5, 5.41) is 11.4. The van der Waals surface area contributed by atoms with Crippen LogP contribution in [0.5, 0.6) is 11.5 Å². The zero-order valence-electron chi connectivity index (χ0n) is 14.7. The molecule has 0 unspecified atom stereocenters. The fraction of sp³-hybridized carbons (Fsp3) is 0.211. The second-order valence-electron chi connectivity index (χ2n) is 5.76. The van der Waals surface area contributed by atoms with Gasteiger partial charge in [-0.1, -0.05) is 0 Å². The largest absolute Gasteiger partial charge is 0.545 e. The highest BCUT2D eigenvalue weighted by Gasteiger charge is 2.27. The molecule has 148 valence electrons. The minimum atomic E-state index is -1.67. The first-order valence-corrected chi connectivity index (χ1v) is 8.11. The average Bonchev–Trinajstić information content (AvgIpc) is 2.98. The molecule has 0 spiro atoms. The topological polar surface area (TPSA) is 71.7 Å². The van der Waals surface area contributed by atoms with Crippen LogP contribution in [0.15, 0.2) is 22.6 Å². The summed E-state index contributed by atoms with van der Waals surface area (Å²) in [5.74, 6) is -9.12. The standard InChI is InChI=1S/C19H14F4O5/c1-3-26-18-16(22)14(20)11(15(21)17(18)23)7-27-9-4-5-12-10(6-9)13(19(24)25)8(2)28-12/h4-6H,3,7H2,1-2H3,(H,24,25)/p-1. The van der Waals surface area contributed by atoms with Crippen molar-refractivity contribution >= 4 is 16.9 Å². The molecule has 0 amide bonds. The van der Waals surface area contributed by atoms with Crippen LogP contribution in [0, 0.1) is 30.2 Å². The minimum absolute atomic E-state index is 0.00398. The number of ether oxygens (including phenoxy) is 2. The fourth-order valence-electron chi connectivity index (χ4n) is 2.75. The van der Waals surface area contributed by atoms with E-state index in [-0.39, 0.29) is 34.6 Å². The number of fused-ring (bicyclic) bond motifs is 1. The van der Waals surface area contributed by atoms with Crippen molar-refractivity contribution in [3.05, 3.63) is 58.4 Å². The van der Waals surface area contributed by atoms with Gasteiger partial charge in [-0.25, -0.2) is 8.78 Å². The van der Waals surface area contributed by atoms with E-state index in [0.717, 1.165) is 0 Å². The van der Waals surface area contributed by atoms with E-state index in [4.69, 9.17) is 9.15 Å². The molecule has 3 rings (SSSR count). The maximum Gasteiger partial charge on any atom is 0.204 e. The Morgan fingerprint density at radius 3 is 2.29 bits per heavy atom. The smallest absolute Gasteiger partial charge is 0.204 e. The molecule has 0 radical (unpaired) electrons. The van der Waals surface area contributed by atoms with Gasteiger partial charge in [0, 0.05) is 10.9 Å². The lowest BCUT2D eigenvalue weighted by Gasteiger charge is -2.13. The van der Waals surface area contributed by atoms with Crippen molar-refractivity contribution in [3.8, 4) is 11.5 Å². The van der Waals surface area contributed by atoms with Crippen molar-refractivity contribution in [2.45, 2.75) is 20.5 Å². The Bertz CT molecular complexity index is 1050. The van der Waals surface area contributed by atoms with Crippen molar-refractivity contribution in [1.29, 1.82) is 0 Å². The SMILES string of the molecule is CCOc1c(F)c(F)c(COc2ccc3oc(C)c(C(=O)[O-])c3c2)c(F)c1F. The molecule has 0 aliphatic heterocycles. The van der Waals surface area contributed by atoms with Crippen LogP contribution in [0.2, 0.25) is 0 Å². The quantitative estimate of drug-likeness (QED) is 0.469. The highest BCUT2D eigenvalue weighted by molar-refractivity contribution is 6.03. The molecule has 0 bridgehead atoms. The summed E-state index contributed by atoms with van der Waals surface area (Å²) in [6.07, 6.45) is 0. The summed E-state index contributed by atoms with van der Waals surface area (Å²) in [4.78, 5) is 11.2. The van der Waals surface area contributed by atoms with Crippen LogP contribution < -0.4 is 14.6 Å². The lowest BCUT2D eigenvalue weighted by Crippen LogP contribution is -2.22. The third kappa shape index (κ3) is 3.23. The monoisotopic (exact) mass is 397 g/mol. The Hall–Kier alpha value is -3.23. The van der Waals surface area contributed by atoms with Crippen LogP contribution in [0.25, 0.3) is 11.0 Å². The molecule has 0 saturated carbocycles. The molecule has 5 nitrogen and oxygen atoms in total. The molecule has 0 atom stereocenters. The van der Waals surface area contributed by atoms with E-state index >= 15 is 0 Å². The number of carboxylic acid groups (broad SMARTS) is 1. The number of carbonyl (C=O) groups excluding carboxylic acids is 1. The summed E-state index contributed by atoms with van der Waals surface area (Å²) in [7, 11) is 0. The third-order valence-electron chi connectivity index (χ3n) is 4.03. The zero-order valence-corrected chi connectivity index (χ0v) is 14.7. The molecule has 0 fully saturated rings. The minimum Gasteiger partial charge on any atom is -0.545 e. The first-order valence-electron chi connectivity index (χ1n) is 8.11. The Morgan fingerprint density at radius 2 is 1.71 bits per heavy atom. The number of carbonyl (C=O) groups is 1. The number of benzene rings is 2. The maximum atomic E-state index is 14.1. The first-order chi connectivity index (χ1) is 13.3. The van der Waals surface area contributed by atoms with Gasteiger partial charge in [0.1, 0.15) is 23.7 Å². The van der Waals surface area contributed by atoms with Gasteiger partial charge in [-0.2, -0.15) is 8.78 Å². The summed E-state index contributed by atoms with van der Waals surface area (Å²) < 4.78 is 71.1. The summed E-state index contributed by atoms with van der Waals surface area (Å²) in [5.41, 5.74) is -0.933. The van der Waals surface area contributed by atoms with Crippen LogP contribution in [0.1, 0.15) is 28.6 Å². The van der Waals surface area contributed by atoms with Gasteiger partial charge in [0.05, 0.1) is 18.1 Å². The molecule has 3 aromatic rings. The Labute approximate surface area is 156 Å². The molecule has 0 aliphatic rings. The van der Waals surface area contributed by atoms with Gasteiger partial charge in [-0.05, 0) is 32.0 Å². The van der Waals surface area contributed by atoms with E-state index in [1.54, 1.807) is 0 Å². The van der Waals surface area contributed by atoms with E-state index in [2.05, 4.69) is 4.74 Å². The van der Waals surface area contributed by atoms with Crippen molar-refractivity contribution in [1.82, 2.24) is 0 Å². The van der Waals surface area contributed by atoms with Gasteiger partial charge in [0.25, 0.3) is 0 Å². The predicted molar refractivity (Wildman–Crippen MR) is 87.1 cm³/mol. The van der Waals surface area contributed by atoms with E-state index < -0.39 is 47.2 Å². The molecule has 9 heteroatoms. The number of carboxylic acids is 1. The van der Waals surface area contributed by atoms with Gasteiger partial charge >= 0.3 is 0 Å². The van der Waals surface area contributed by atoms with Crippen LogP contribution in [-0.2, 0) is 6.61 Å². The number of aromatic carboxylic acids is 1. The highest BCUT2D eigenvalue weighted by atomic mass is 19.2. The summed E-state index contributed by atoms with van der Waals surface area (Å²) >= 11 is 0. The number of hydrogen-bond donors (Lipinski definition) is 0. The number of hydrogen-bond acceptors (Lipinski definition) is 5. The second-order valence-corrected chi connectivity index (χ2v) is 5.76. The number of halogens is 4.